The Labute approximate surface area is 143 Å². The minimum atomic E-state index is -0.180. The molecule has 0 bridgehead atoms. The first-order valence-electron chi connectivity index (χ1n) is 6.93. The van der Waals surface area contributed by atoms with Crippen LogP contribution in [0.1, 0.15) is 6.92 Å². The van der Waals surface area contributed by atoms with Crippen LogP contribution >= 0.6 is 23.2 Å². The summed E-state index contributed by atoms with van der Waals surface area (Å²) in [6, 6.07) is 16.5. The largest absolute Gasteiger partial charge is 0.311 e. The summed E-state index contributed by atoms with van der Waals surface area (Å²) >= 11 is 12.2. The predicted octanol–water partition coefficient (Wildman–Crippen LogP) is 4.80. The summed E-state index contributed by atoms with van der Waals surface area (Å²) in [5.74, 6) is 0.372. The minimum Gasteiger partial charge on any atom is -0.311 e. The quantitative estimate of drug-likeness (QED) is 0.740. The number of hydrogen-bond acceptors (Lipinski definition) is 2. The van der Waals surface area contributed by atoms with Crippen LogP contribution in [0.2, 0.25) is 10.0 Å². The molecule has 4 nitrogen and oxygen atoms in total. The summed E-state index contributed by atoms with van der Waals surface area (Å²) in [5.41, 5.74) is 2.30. The zero-order chi connectivity index (χ0) is 16.4. The molecule has 1 N–H and O–H groups in total. The van der Waals surface area contributed by atoms with Crippen molar-refractivity contribution in [1.29, 1.82) is 0 Å². The van der Waals surface area contributed by atoms with Crippen molar-refractivity contribution in [3.05, 3.63) is 64.6 Å². The van der Waals surface area contributed by atoms with Crippen LogP contribution in [0.25, 0.3) is 16.9 Å². The lowest BCUT2D eigenvalue weighted by Gasteiger charge is -2.08. The highest BCUT2D eigenvalue weighted by atomic mass is 35.5. The molecule has 0 aliphatic rings. The maximum Gasteiger partial charge on any atom is 0.222 e. The number of halogens is 2. The van der Waals surface area contributed by atoms with Gasteiger partial charge in [-0.2, -0.15) is 5.10 Å². The Kier molecular flexibility index (Phi) is 4.37. The first-order chi connectivity index (χ1) is 11.0. The second-order valence-electron chi connectivity index (χ2n) is 4.97. The molecular weight excluding hydrogens is 333 g/mol. The number of hydrogen-bond donors (Lipinski definition) is 1. The van der Waals surface area contributed by atoms with Crippen LogP contribution in [-0.2, 0) is 4.79 Å². The molecule has 3 aromatic rings. The molecule has 0 radical (unpaired) electrons. The Hall–Kier alpha value is -2.30. The van der Waals surface area contributed by atoms with E-state index in [0.717, 1.165) is 5.56 Å². The minimum absolute atomic E-state index is 0.180. The molecule has 2 aromatic carbocycles. The molecule has 0 fully saturated rings. The number of rotatable bonds is 3. The second kappa shape index (κ2) is 6.44. The molecule has 0 saturated carbocycles. The van der Waals surface area contributed by atoms with Crippen LogP contribution < -0.4 is 5.32 Å². The third kappa shape index (κ3) is 3.38. The SMILES string of the molecule is CC(=O)Nc1cc(-c2ccc(Cl)cc2)nn1-c1ccccc1Cl. The summed E-state index contributed by atoms with van der Waals surface area (Å²) in [7, 11) is 0. The van der Waals surface area contributed by atoms with E-state index in [4.69, 9.17) is 23.2 Å². The Morgan fingerprint density at radius 1 is 1.09 bits per heavy atom. The zero-order valence-electron chi connectivity index (χ0n) is 12.3. The summed E-state index contributed by atoms with van der Waals surface area (Å²) < 4.78 is 1.62. The van der Waals surface area contributed by atoms with Gasteiger partial charge in [-0.25, -0.2) is 4.68 Å². The van der Waals surface area contributed by atoms with Gasteiger partial charge in [0.15, 0.2) is 0 Å². The van der Waals surface area contributed by atoms with Crippen LogP contribution in [-0.4, -0.2) is 15.7 Å². The molecule has 0 aliphatic heterocycles. The molecule has 6 heteroatoms. The van der Waals surface area contributed by atoms with E-state index in [-0.39, 0.29) is 5.91 Å². The molecule has 3 rings (SSSR count). The average molecular weight is 346 g/mol. The number of carbonyl (C=O) groups excluding carboxylic acids is 1. The van der Waals surface area contributed by atoms with Crippen molar-refractivity contribution in [2.45, 2.75) is 6.92 Å². The fourth-order valence-electron chi connectivity index (χ4n) is 2.22. The van der Waals surface area contributed by atoms with Crippen LogP contribution in [0.15, 0.2) is 54.6 Å². The fraction of sp³-hybridized carbons (Fsp3) is 0.0588. The molecule has 0 atom stereocenters. The van der Waals surface area contributed by atoms with E-state index in [9.17, 15) is 4.79 Å². The van der Waals surface area contributed by atoms with E-state index in [1.807, 2.05) is 30.3 Å². The summed E-state index contributed by atoms with van der Waals surface area (Å²) in [6.07, 6.45) is 0. The van der Waals surface area contributed by atoms with E-state index in [0.29, 0.717) is 27.2 Å². The van der Waals surface area contributed by atoms with E-state index < -0.39 is 0 Å². The smallest absolute Gasteiger partial charge is 0.222 e. The summed E-state index contributed by atoms with van der Waals surface area (Å²) in [6.45, 7) is 1.45. The molecule has 116 valence electrons. The Morgan fingerprint density at radius 3 is 2.43 bits per heavy atom. The maximum absolute atomic E-state index is 11.5. The molecule has 1 aromatic heterocycles. The van der Waals surface area contributed by atoms with Crippen molar-refractivity contribution in [3.8, 4) is 16.9 Å². The molecule has 1 amide bonds. The summed E-state index contributed by atoms with van der Waals surface area (Å²) in [4.78, 5) is 11.5. The third-order valence-electron chi connectivity index (χ3n) is 3.23. The molecular formula is C17H13Cl2N3O. The van der Waals surface area contributed by atoms with Gasteiger partial charge >= 0.3 is 0 Å². The van der Waals surface area contributed by atoms with E-state index in [1.165, 1.54) is 6.92 Å². The van der Waals surface area contributed by atoms with Gasteiger partial charge < -0.3 is 5.32 Å². The van der Waals surface area contributed by atoms with Crippen LogP contribution in [0.3, 0.4) is 0 Å². The van der Waals surface area contributed by atoms with Crippen molar-refractivity contribution in [2.75, 3.05) is 5.32 Å². The van der Waals surface area contributed by atoms with Gasteiger partial charge in [-0.3, -0.25) is 4.79 Å². The number of para-hydroxylation sites is 1. The van der Waals surface area contributed by atoms with Crippen molar-refractivity contribution in [2.24, 2.45) is 0 Å². The molecule has 23 heavy (non-hydrogen) atoms. The van der Waals surface area contributed by atoms with Crippen molar-refractivity contribution in [1.82, 2.24) is 9.78 Å². The van der Waals surface area contributed by atoms with Crippen LogP contribution in [0.5, 0.6) is 0 Å². The van der Waals surface area contributed by atoms with E-state index in [1.54, 1.807) is 28.9 Å². The average Bonchev–Trinajstić information content (AvgIpc) is 2.91. The zero-order valence-corrected chi connectivity index (χ0v) is 13.8. The van der Waals surface area contributed by atoms with Gasteiger partial charge in [-0.05, 0) is 24.3 Å². The fourth-order valence-corrected chi connectivity index (χ4v) is 2.56. The lowest BCUT2D eigenvalue weighted by molar-refractivity contribution is -0.114. The number of anilines is 1. The van der Waals surface area contributed by atoms with Gasteiger partial charge in [0.2, 0.25) is 5.91 Å². The van der Waals surface area contributed by atoms with Crippen molar-refractivity contribution >= 4 is 34.9 Å². The van der Waals surface area contributed by atoms with E-state index >= 15 is 0 Å². The molecule has 0 saturated heterocycles. The highest BCUT2D eigenvalue weighted by Gasteiger charge is 2.14. The first kappa shape index (κ1) is 15.6. The van der Waals surface area contributed by atoms with Gasteiger partial charge in [0, 0.05) is 23.6 Å². The standard InChI is InChI=1S/C17H13Cl2N3O/c1-11(23)20-17-10-15(12-6-8-13(18)9-7-12)21-22(17)16-5-3-2-4-14(16)19/h2-10H,1H3,(H,20,23). The van der Waals surface area contributed by atoms with Crippen molar-refractivity contribution < 1.29 is 4.79 Å². The van der Waals surface area contributed by atoms with Crippen LogP contribution in [0.4, 0.5) is 5.82 Å². The number of carbonyl (C=O) groups is 1. The van der Waals surface area contributed by atoms with Crippen LogP contribution in [0, 0.1) is 0 Å². The number of aromatic nitrogens is 2. The van der Waals surface area contributed by atoms with Crippen molar-refractivity contribution in [3.63, 3.8) is 0 Å². The lowest BCUT2D eigenvalue weighted by atomic mass is 10.1. The van der Waals surface area contributed by atoms with Gasteiger partial charge in [-0.15, -0.1) is 0 Å². The highest BCUT2D eigenvalue weighted by Crippen LogP contribution is 2.28. The Bertz CT molecular complexity index is 857. The first-order valence-corrected chi connectivity index (χ1v) is 7.68. The number of nitrogens with one attached hydrogen (secondary N) is 1. The Balaban J connectivity index is 2.12. The summed E-state index contributed by atoms with van der Waals surface area (Å²) in [5, 5.41) is 8.55. The maximum atomic E-state index is 11.5. The van der Waals surface area contributed by atoms with Gasteiger partial charge in [0.1, 0.15) is 5.82 Å². The predicted molar refractivity (Wildman–Crippen MR) is 93.3 cm³/mol. The molecule has 0 aliphatic carbocycles. The molecule has 1 heterocycles. The topological polar surface area (TPSA) is 46.9 Å². The van der Waals surface area contributed by atoms with Gasteiger partial charge in [0.05, 0.1) is 16.4 Å². The number of amides is 1. The lowest BCUT2D eigenvalue weighted by Crippen LogP contribution is -2.11. The highest BCUT2D eigenvalue weighted by molar-refractivity contribution is 6.32. The Morgan fingerprint density at radius 2 is 1.78 bits per heavy atom. The molecule has 0 unspecified atom stereocenters. The van der Waals surface area contributed by atoms with Gasteiger partial charge in [-0.1, -0.05) is 47.5 Å². The molecule has 0 spiro atoms. The van der Waals surface area contributed by atoms with E-state index in [2.05, 4.69) is 10.4 Å². The monoisotopic (exact) mass is 345 g/mol. The normalized spacial score (nSPS) is 10.6. The van der Waals surface area contributed by atoms with Gasteiger partial charge in [0.25, 0.3) is 0 Å². The number of nitrogens with zero attached hydrogens (tertiary/aromatic N) is 2. The third-order valence-corrected chi connectivity index (χ3v) is 3.81. The second-order valence-corrected chi connectivity index (χ2v) is 5.81. The number of benzene rings is 2.